The molecule has 0 unspecified atom stereocenters. The van der Waals surface area contributed by atoms with E-state index in [0.717, 1.165) is 50.7 Å². The van der Waals surface area contributed by atoms with Gasteiger partial charge in [0, 0.05) is 45.5 Å². The van der Waals surface area contributed by atoms with Crippen LogP contribution in [0.5, 0.6) is 0 Å². The number of carbonyl (C=O) groups is 1. The molecule has 2 aliphatic rings. The van der Waals surface area contributed by atoms with Gasteiger partial charge in [-0.15, -0.1) is 0 Å². The first-order valence-corrected chi connectivity index (χ1v) is 9.62. The van der Waals surface area contributed by atoms with Gasteiger partial charge in [-0.2, -0.15) is 4.98 Å². The van der Waals surface area contributed by atoms with Crippen LogP contribution in [0.15, 0.2) is 35.2 Å². The Morgan fingerprint density at radius 3 is 2.50 bits per heavy atom. The molecule has 0 aromatic carbocycles. The molecule has 3 aromatic rings. The number of amides is 1. The minimum Gasteiger partial charge on any atom is -0.356 e. The van der Waals surface area contributed by atoms with Crippen LogP contribution < -0.4 is 9.80 Å². The summed E-state index contributed by atoms with van der Waals surface area (Å²) in [6.07, 6.45) is 5.50. The number of nitrogens with zero attached hydrogens (tertiary/aromatic N) is 7. The lowest BCUT2D eigenvalue weighted by atomic mass is 10.2. The Morgan fingerprint density at radius 1 is 0.929 bits per heavy atom. The summed E-state index contributed by atoms with van der Waals surface area (Å²) in [5, 5.41) is 4.68. The highest BCUT2D eigenvalue weighted by Crippen LogP contribution is 2.29. The molecule has 0 aliphatic carbocycles. The molecular formula is C19H21N7O2. The molecule has 2 aliphatic heterocycles. The van der Waals surface area contributed by atoms with Crippen molar-refractivity contribution < 1.29 is 9.32 Å². The highest BCUT2D eigenvalue weighted by molar-refractivity contribution is 6.07. The maximum atomic E-state index is 13.2. The minimum absolute atomic E-state index is 0.130. The average molecular weight is 379 g/mol. The van der Waals surface area contributed by atoms with E-state index in [1.54, 1.807) is 6.20 Å². The van der Waals surface area contributed by atoms with Gasteiger partial charge in [-0.1, -0.05) is 11.2 Å². The summed E-state index contributed by atoms with van der Waals surface area (Å²) in [6.45, 7) is 4.52. The fourth-order valence-electron chi connectivity index (χ4n) is 3.92. The second kappa shape index (κ2) is 7.06. The van der Waals surface area contributed by atoms with Gasteiger partial charge in [0.15, 0.2) is 5.69 Å². The average Bonchev–Trinajstić information content (AvgIpc) is 3.44. The van der Waals surface area contributed by atoms with Crippen LogP contribution in [-0.4, -0.2) is 70.2 Å². The second-order valence-electron chi connectivity index (χ2n) is 7.07. The van der Waals surface area contributed by atoms with E-state index < -0.39 is 0 Å². The lowest BCUT2D eigenvalue weighted by molar-refractivity contribution is 0.0738. The molecular weight excluding hydrogens is 358 g/mol. The predicted molar refractivity (Wildman–Crippen MR) is 103 cm³/mol. The Labute approximate surface area is 162 Å². The molecule has 28 heavy (non-hydrogen) atoms. The third-order valence-corrected chi connectivity index (χ3v) is 5.40. The highest BCUT2D eigenvalue weighted by atomic mass is 16.5. The van der Waals surface area contributed by atoms with E-state index in [1.807, 2.05) is 23.1 Å². The molecule has 9 nitrogen and oxygen atoms in total. The van der Waals surface area contributed by atoms with Crippen molar-refractivity contribution in [1.29, 1.82) is 0 Å². The summed E-state index contributed by atoms with van der Waals surface area (Å²) in [5.74, 6) is 1.56. The molecule has 2 fully saturated rings. The smallest absolute Gasteiger partial charge is 0.277 e. The first-order chi connectivity index (χ1) is 13.8. The largest absolute Gasteiger partial charge is 0.356 e. The summed E-state index contributed by atoms with van der Waals surface area (Å²) in [6, 6.07) is 5.86. The highest BCUT2D eigenvalue weighted by Gasteiger charge is 2.30. The summed E-state index contributed by atoms with van der Waals surface area (Å²) >= 11 is 0. The molecule has 0 radical (unpaired) electrons. The van der Waals surface area contributed by atoms with Gasteiger partial charge in [0.05, 0.1) is 0 Å². The zero-order valence-corrected chi connectivity index (χ0v) is 15.5. The van der Waals surface area contributed by atoms with Gasteiger partial charge in [0.2, 0.25) is 0 Å². The Morgan fingerprint density at radius 2 is 1.75 bits per heavy atom. The fourth-order valence-corrected chi connectivity index (χ4v) is 3.92. The van der Waals surface area contributed by atoms with E-state index >= 15 is 0 Å². The fraction of sp³-hybridized carbons (Fsp3) is 0.421. The maximum absolute atomic E-state index is 13.2. The molecule has 144 valence electrons. The Bertz CT molecular complexity index is 976. The van der Waals surface area contributed by atoms with Gasteiger partial charge in [-0.05, 0) is 25.0 Å². The molecule has 9 heteroatoms. The minimum atomic E-state index is -0.130. The first kappa shape index (κ1) is 16.9. The second-order valence-corrected chi connectivity index (χ2v) is 7.07. The number of carbonyl (C=O) groups excluding carboxylic acids is 1. The van der Waals surface area contributed by atoms with E-state index in [-0.39, 0.29) is 5.91 Å². The van der Waals surface area contributed by atoms with Gasteiger partial charge in [-0.25, -0.2) is 9.97 Å². The van der Waals surface area contributed by atoms with Crippen LogP contribution in [0, 0.1) is 0 Å². The Hall–Kier alpha value is -3.23. The monoisotopic (exact) mass is 379 g/mol. The molecule has 1 amide bonds. The third-order valence-electron chi connectivity index (χ3n) is 5.40. The molecule has 5 rings (SSSR count). The SMILES string of the molecule is O=C(c1noc2ncnc(N3CCCC3)c12)N1CCN(c2ccccn2)CC1. The molecule has 0 bridgehead atoms. The van der Waals surface area contributed by atoms with Gasteiger partial charge >= 0.3 is 0 Å². The zero-order valence-electron chi connectivity index (χ0n) is 15.5. The van der Waals surface area contributed by atoms with Crippen molar-refractivity contribution in [2.24, 2.45) is 0 Å². The number of fused-ring (bicyclic) bond motifs is 1. The zero-order chi connectivity index (χ0) is 18.9. The number of rotatable bonds is 3. The number of piperazine rings is 1. The quantitative estimate of drug-likeness (QED) is 0.677. The van der Waals surface area contributed by atoms with Gasteiger partial charge in [-0.3, -0.25) is 4.79 Å². The van der Waals surface area contributed by atoms with Gasteiger partial charge in [0.1, 0.15) is 23.3 Å². The standard InChI is InChI=1S/C19H21N7O2/c27-19(26-11-9-24(10-12-26)14-5-1-2-6-20-14)16-15-17(25-7-3-4-8-25)21-13-22-18(15)28-23-16/h1-2,5-6,13H,3-4,7-12H2. The van der Waals surface area contributed by atoms with E-state index in [0.29, 0.717) is 29.9 Å². The number of anilines is 2. The van der Waals surface area contributed by atoms with Crippen molar-refractivity contribution in [3.05, 3.63) is 36.4 Å². The van der Waals surface area contributed by atoms with E-state index in [2.05, 4.69) is 29.9 Å². The number of pyridine rings is 1. The summed E-state index contributed by atoms with van der Waals surface area (Å²) in [5.41, 5.74) is 0.677. The normalized spacial score (nSPS) is 17.5. The Balaban J connectivity index is 1.38. The molecule has 0 atom stereocenters. The number of aromatic nitrogens is 4. The van der Waals surface area contributed by atoms with Crippen molar-refractivity contribution in [1.82, 2.24) is 25.0 Å². The van der Waals surface area contributed by atoms with Crippen LogP contribution in [0.3, 0.4) is 0 Å². The molecule has 0 N–H and O–H groups in total. The third kappa shape index (κ3) is 2.92. The Kier molecular flexibility index (Phi) is 4.27. The van der Waals surface area contributed by atoms with Crippen LogP contribution in [-0.2, 0) is 0 Å². The molecule has 0 spiro atoms. The van der Waals surface area contributed by atoms with Crippen molar-refractivity contribution in [2.45, 2.75) is 12.8 Å². The lowest BCUT2D eigenvalue weighted by Gasteiger charge is -2.35. The summed E-state index contributed by atoms with van der Waals surface area (Å²) < 4.78 is 5.36. The van der Waals surface area contributed by atoms with Crippen LogP contribution in [0.25, 0.3) is 11.1 Å². The maximum Gasteiger partial charge on any atom is 0.277 e. The van der Waals surface area contributed by atoms with Crippen LogP contribution >= 0.6 is 0 Å². The van der Waals surface area contributed by atoms with Crippen LogP contribution in [0.4, 0.5) is 11.6 Å². The van der Waals surface area contributed by atoms with Gasteiger partial charge < -0.3 is 19.2 Å². The van der Waals surface area contributed by atoms with E-state index in [1.165, 1.54) is 6.33 Å². The predicted octanol–water partition coefficient (Wildman–Crippen LogP) is 1.58. The molecule has 2 saturated heterocycles. The van der Waals surface area contributed by atoms with Crippen molar-refractivity contribution in [3.8, 4) is 0 Å². The van der Waals surface area contributed by atoms with E-state index in [4.69, 9.17) is 4.52 Å². The summed E-state index contributed by atoms with van der Waals surface area (Å²) in [4.78, 5) is 32.3. The molecule has 3 aromatic heterocycles. The molecule has 5 heterocycles. The van der Waals surface area contributed by atoms with Crippen molar-refractivity contribution in [2.75, 3.05) is 49.1 Å². The van der Waals surface area contributed by atoms with Crippen molar-refractivity contribution >= 4 is 28.6 Å². The van der Waals surface area contributed by atoms with Crippen LogP contribution in [0.2, 0.25) is 0 Å². The van der Waals surface area contributed by atoms with Crippen LogP contribution in [0.1, 0.15) is 23.3 Å². The first-order valence-electron chi connectivity index (χ1n) is 9.62. The topological polar surface area (TPSA) is 91.5 Å². The van der Waals surface area contributed by atoms with Gasteiger partial charge in [0.25, 0.3) is 11.6 Å². The van der Waals surface area contributed by atoms with Crippen molar-refractivity contribution in [3.63, 3.8) is 0 Å². The lowest BCUT2D eigenvalue weighted by Crippen LogP contribution is -2.49. The summed E-state index contributed by atoms with van der Waals surface area (Å²) in [7, 11) is 0. The van der Waals surface area contributed by atoms with E-state index in [9.17, 15) is 4.79 Å². The number of hydrogen-bond acceptors (Lipinski definition) is 8. The number of hydrogen-bond donors (Lipinski definition) is 0. The molecule has 0 saturated carbocycles.